The molecule has 1 aliphatic rings. The molecule has 2 aromatic heterocycles. The van der Waals surface area contributed by atoms with E-state index in [9.17, 15) is 19.9 Å². The van der Waals surface area contributed by atoms with Crippen molar-refractivity contribution in [3.63, 3.8) is 0 Å². The monoisotopic (exact) mass is 513 g/mol. The first-order valence-corrected chi connectivity index (χ1v) is 12.7. The van der Waals surface area contributed by atoms with Crippen LogP contribution in [0.2, 0.25) is 5.28 Å². The zero-order valence-corrected chi connectivity index (χ0v) is 19.5. The SMILES string of the molecule is O=P(O)(O)COC[C@H]1O[C@@H](n2ccc3c(C[C@H](CO)c4ccccc4)nc(Cl)nc32)[C@H](O)[C@@H]1O. The molecule has 5 N–H and O–H groups in total. The summed E-state index contributed by atoms with van der Waals surface area (Å²) in [6.07, 6.45) is -3.59. The third kappa shape index (κ3) is 5.49. The fourth-order valence-corrected chi connectivity index (χ4v) is 4.58. The lowest BCUT2D eigenvalue weighted by Crippen LogP contribution is -2.33. The summed E-state index contributed by atoms with van der Waals surface area (Å²) in [4.78, 5) is 26.5. The third-order valence-electron chi connectivity index (χ3n) is 5.71. The van der Waals surface area contributed by atoms with Crippen molar-refractivity contribution in [2.24, 2.45) is 0 Å². The van der Waals surface area contributed by atoms with Gasteiger partial charge in [0.15, 0.2) is 6.23 Å². The second kappa shape index (κ2) is 10.4. The van der Waals surface area contributed by atoms with Crippen molar-refractivity contribution in [1.29, 1.82) is 0 Å². The lowest BCUT2D eigenvalue weighted by atomic mass is 9.94. The van der Waals surface area contributed by atoms with E-state index in [1.165, 1.54) is 4.57 Å². The van der Waals surface area contributed by atoms with Gasteiger partial charge < -0.3 is 39.1 Å². The number of aliphatic hydroxyl groups is 3. The second-order valence-electron chi connectivity index (χ2n) is 8.10. The normalized spacial score (nSPS) is 24.1. The Morgan fingerprint density at radius 2 is 1.88 bits per heavy atom. The van der Waals surface area contributed by atoms with Crippen molar-refractivity contribution in [1.82, 2.24) is 14.5 Å². The molecular formula is C21H25ClN3O8P. The Labute approximate surface area is 199 Å². The number of hydrogen-bond acceptors (Lipinski definition) is 8. The number of fused-ring (bicyclic) bond motifs is 1. The second-order valence-corrected chi connectivity index (χ2v) is 10.0. The van der Waals surface area contributed by atoms with Crippen molar-refractivity contribution >= 4 is 30.2 Å². The van der Waals surface area contributed by atoms with Crippen LogP contribution in [0.4, 0.5) is 0 Å². The van der Waals surface area contributed by atoms with Crippen LogP contribution in [0, 0.1) is 0 Å². The Balaban J connectivity index is 1.59. The van der Waals surface area contributed by atoms with Gasteiger partial charge in [0.1, 0.15) is 30.3 Å². The Bertz CT molecular complexity index is 1170. The zero-order valence-electron chi connectivity index (χ0n) is 17.9. The molecule has 0 saturated carbocycles. The molecular weight excluding hydrogens is 489 g/mol. The number of hydrogen-bond donors (Lipinski definition) is 5. The summed E-state index contributed by atoms with van der Waals surface area (Å²) in [6, 6.07) is 11.3. The average molecular weight is 514 g/mol. The van der Waals surface area contributed by atoms with Gasteiger partial charge in [-0.1, -0.05) is 30.3 Å². The summed E-state index contributed by atoms with van der Waals surface area (Å²) in [5.41, 5.74) is 1.92. The highest BCUT2D eigenvalue weighted by molar-refractivity contribution is 7.51. The van der Waals surface area contributed by atoms with E-state index in [0.717, 1.165) is 5.56 Å². The number of aliphatic hydroxyl groups excluding tert-OH is 3. The van der Waals surface area contributed by atoms with Crippen LogP contribution in [0.5, 0.6) is 0 Å². The maximum Gasteiger partial charge on any atom is 0.350 e. The molecule has 0 aliphatic carbocycles. The van der Waals surface area contributed by atoms with Crippen LogP contribution in [0.25, 0.3) is 11.0 Å². The van der Waals surface area contributed by atoms with Crippen LogP contribution in [-0.4, -0.2) is 77.5 Å². The molecule has 5 atom stereocenters. The Hall–Kier alpha value is -1.92. The number of rotatable bonds is 9. The summed E-state index contributed by atoms with van der Waals surface area (Å²) in [6.45, 7) is -0.421. The van der Waals surface area contributed by atoms with Crippen molar-refractivity contribution < 1.29 is 39.1 Å². The summed E-state index contributed by atoms with van der Waals surface area (Å²) < 4.78 is 23.2. The minimum absolute atomic E-state index is 0.0261. The Morgan fingerprint density at radius 3 is 2.56 bits per heavy atom. The molecule has 184 valence electrons. The van der Waals surface area contributed by atoms with Gasteiger partial charge in [-0.3, -0.25) is 4.57 Å². The number of halogens is 1. The fraction of sp³-hybridized carbons (Fsp3) is 0.429. The number of nitrogens with zero attached hydrogens (tertiary/aromatic N) is 3. The molecule has 3 aromatic rings. The van der Waals surface area contributed by atoms with Gasteiger partial charge >= 0.3 is 7.60 Å². The van der Waals surface area contributed by atoms with Crippen LogP contribution in [0.15, 0.2) is 42.6 Å². The Kier molecular flexibility index (Phi) is 7.68. The van der Waals surface area contributed by atoms with E-state index < -0.39 is 38.5 Å². The molecule has 1 aliphatic heterocycles. The molecule has 34 heavy (non-hydrogen) atoms. The van der Waals surface area contributed by atoms with Crippen LogP contribution in [-0.2, 0) is 20.5 Å². The highest BCUT2D eigenvalue weighted by atomic mass is 35.5. The van der Waals surface area contributed by atoms with Crippen molar-refractivity contribution in [3.05, 3.63) is 59.1 Å². The molecule has 0 amide bonds. The van der Waals surface area contributed by atoms with E-state index >= 15 is 0 Å². The predicted molar refractivity (Wildman–Crippen MR) is 121 cm³/mol. The molecule has 0 radical (unpaired) electrons. The van der Waals surface area contributed by atoms with Crippen LogP contribution in [0.3, 0.4) is 0 Å². The topological polar surface area (TPSA) is 167 Å². The van der Waals surface area contributed by atoms with E-state index in [1.807, 2.05) is 30.3 Å². The van der Waals surface area contributed by atoms with Gasteiger partial charge in [-0.2, -0.15) is 4.98 Å². The molecule has 13 heteroatoms. The first kappa shape index (κ1) is 25.2. The van der Waals surface area contributed by atoms with Gasteiger partial charge in [-0.25, -0.2) is 4.98 Å². The van der Waals surface area contributed by atoms with Crippen LogP contribution in [0.1, 0.15) is 23.4 Å². The largest absolute Gasteiger partial charge is 0.396 e. The minimum atomic E-state index is -4.38. The summed E-state index contributed by atoms with van der Waals surface area (Å²) in [5, 5.41) is 31.5. The number of aromatic nitrogens is 3. The molecule has 0 bridgehead atoms. The van der Waals surface area contributed by atoms with E-state index in [4.69, 9.17) is 30.9 Å². The van der Waals surface area contributed by atoms with Crippen molar-refractivity contribution in [2.75, 3.05) is 19.6 Å². The lowest BCUT2D eigenvalue weighted by molar-refractivity contribution is -0.0610. The highest BCUT2D eigenvalue weighted by Crippen LogP contribution is 2.36. The molecule has 1 aromatic carbocycles. The highest BCUT2D eigenvalue weighted by Gasteiger charge is 2.44. The first-order valence-electron chi connectivity index (χ1n) is 10.5. The van der Waals surface area contributed by atoms with Crippen LogP contribution >= 0.6 is 19.2 Å². The van der Waals surface area contributed by atoms with Crippen molar-refractivity contribution in [2.45, 2.75) is 36.9 Å². The van der Waals surface area contributed by atoms with Gasteiger partial charge in [0, 0.05) is 17.5 Å². The van der Waals surface area contributed by atoms with Gasteiger partial charge in [-0.15, -0.1) is 0 Å². The van der Waals surface area contributed by atoms with E-state index in [0.29, 0.717) is 23.1 Å². The molecule has 1 saturated heterocycles. The lowest BCUT2D eigenvalue weighted by Gasteiger charge is -2.18. The molecule has 3 heterocycles. The number of benzene rings is 1. The van der Waals surface area contributed by atoms with Gasteiger partial charge in [0.2, 0.25) is 5.28 Å². The maximum atomic E-state index is 11.0. The zero-order chi connectivity index (χ0) is 24.5. The summed E-state index contributed by atoms with van der Waals surface area (Å²) in [5.74, 6) is -0.218. The van der Waals surface area contributed by atoms with E-state index in [-0.39, 0.29) is 24.4 Å². The minimum Gasteiger partial charge on any atom is -0.396 e. The summed E-state index contributed by atoms with van der Waals surface area (Å²) >= 11 is 6.19. The summed E-state index contributed by atoms with van der Waals surface area (Å²) in [7, 11) is -4.38. The van der Waals surface area contributed by atoms with Gasteiger partial charge in [0.25, 0.3) is 0 Å². The van der Waals surface area contributed by atoms with E-state index in [1.54, 1.807) is 12.3 Å². The fourth-order valence-electron chi connectivity index (χ4n) is 4.06. The van der Waals surface area contributed by atoms with Crippen molar-refractivity contribution in [3.8, 4) is 0 Å². The standard InChI is InChI=1S/C21H25ClN3O8P/c22-21-23-15(8-13(9-26)12-4-2-1-3-5-12)14-6-7-25(19(14)24-21)20-18(28)17(27)16(33-20)10-32-11-34(29,30)31/h1-7,13,16-18,20,26-28H,8-11H2,(H2,29,30,31)/t13-,16-,17-,18-,20-/m1/s1. The third-order valence-corrected chi connectivity index (χ3v) is 6.40. The number of ether oxygens (including phenoxy) is 2. The quantitative estimate of drug-likeness (QED) is 0.207. The molecule has 1 fully saturated rings. The Morgan fingerprint density at radius 1 is 1.15 bits per heavy atom. The molecule has 11 nitrogen and oxygen atoms in total. The molecule has 4 rings (SSSR count). The molecule has 0 spiro atoms. The van der Waals surface area contributed by atoms with Crippen LogP contribution < -0.4 is 0 Å². The smallest absolute Gasteiger partial charge is 0.350 e. The van der Waals surface area contributed by atoms with Gasteiger partial charge in [0.05, 0.1) is 18.9 Å². The molecule has 0 unspecified atom stereocenters. The van der Waals surface area contributed by atoms with Gasteiger partial charge in [-0.05, 0) is 29.7 Å². The predicted octanol–water partition coefficient (Wildman–Crippen LogP) is 1.17. The van der Waals surface area contributed by atoms with E-state index in [2.05, 4.69) is 9.97 Å². The first-order chi connectivity index (χ1) is 16.2. The maximum absolute atomic E-state index is 11.0. The average Bonchev–Trinajstić information content (AvgIpc) is 3.33.